The van der Waals surface area contributed by atoms with E-state index in [1.54, 1.807) is 11.1 Å². The molecule has 154 valence electrons. The maximum atomic E-state index is 13.0. The molecule has 0 heterocycles. The molecule has 0 spiro atoms. The summed E-state index contributed by atoms with van der Waals surface area (Å²) in [5.41, 5.74) is 6.55. The number of hydrogen-bond acceptors (Lipinski definition) is 1. The van der Waals surface area contributed by atoms with Gasteiger partial charge in [0.1, 0.15) is 0 Å². The van der Waals surface area contributed by atoms with Crippen molar-refractivity contribution in [3.05, 3.63) is 52.6 Å². The molecular weight excluding hydrogens is 368 g/mol. The third-order valence-electron chi connectivity index (χ3n) is 8.80. The molecule has 0 N–H and O–H groups in total. The van der Waals surface area contributed by atoms with E-state index < -0.39 is 8.07 Å². The Morgan fingerprint density at radius 3 is 2.48 bits per heavy atom. The van der Waals surface area contributed by atoms with Gasteiger partial charge in [0.2, 0.25) is 0 Å². The predicted molar refractivity (Wildman–Crippen MR) is 124 cm³/mol. The van der Waals surface area contributed by atoms with Gasteiger partial charge in [0.25, 0.3) is 0 Å². The number of ketones is 1. The largest absolute Gasteiger partial charge is 0.294 e. The first-order valence-corrected chi connectivity index (χ1v) is 15.3. The highest BCUT2D eigenvalue weighted by molar-refractivity contribution is 6.88. The molecule has 0 saturated heterocycles. The minimum absolute atomic E-state index is 0.0348. The molecule has 1 aromatic rings. The van der Waals surface area contributed by atoms with Gasteiger partial charge < -0.3 is 0 Å². The Balaban J connectivity index is 1.48. The molecule has 0 amide bonds. The van der Waals surface area contributed by atoms with Crippen molar-refractivity contribution in [2.24, 2.45) is 17.3 Å². The van der Waals surface area contributed by atoms with Crippen LogP contribution in [0.2, 0.25) is 19.6 Å². The third kappa shape index (κ3) is 3.23. The number of carbonyl (C=O) groups excluding carboxylic acids is 1. The summed E-state index contributed by atoms with van der Waals surface area (Å²) in [7, 11) is -1.30. The first-order chi connectivity index (χ1) is 13.8. The monoisotopic (exact) mass is 404 g/mol. The van der Waals surface area contributed by atoms with Crippen LogP contribution in [0.25, 0.3) is 0 Å². The topological polar surface area (TPSA) is 17.1 Å². The van der Waals surface area contributed by atoms with Gasteiger partial charge in [-0.05, 0) is 85.0 Å². The Morgan fingerprint density at radius 1 is 1.00 bits per heavy atom. The molecule has 5 rings (SSSR count). The Hall–Kier alpha value is -1.41. The average Bonchev–Trinajstić information content (AvgIpc) is 3.08. The van der Waals surface area contributed by atoms with E-state index in [-0.39, 0.29) is 5.92 Å². The van der Waals surface area contributed by atoms with Crippen molar-refractivity contribution in [2.45, 2.75) is 83.8 Å². The van der Waals surface area contributed by atoms with Gasteiger partial charge in [-0.1, -0.05) is 68.0 Å². The number of allylic oxidation sites excluding steroid dienone is 4. The molecular formula is C27H36OSi. The molecule has 2 saturated carbocycles. The van der Waals surface area contributed by atoms with Gasteiger partial charge in [0, 0.05) is 0 Å². The van der Waals surface area contributed by atoms with E-state index in [0.29, 0.717) is 11.2 Å². The molecule has 2 fully saturated rings. The molecule has 1 unspecified atom stereocenters. The van der Waals surface area contributed by atoms with Crippen molar-refractivity contribution in [3.63, 3.8) is 0 Å². The summed E-state index contributed by atoms with van der Waals surface area (Å²) in [6, 6.07) is 9.07. The van der Waals surface area contributed by atoms with E-state index in [2.05, 4.69) is 50.8 Å². The van der Waals surface area contributed by atoms with Crippen LogP contribution in [0.15, 0.2) is 47.1 Å². The summed E-state index contributed by atoms with van der Waals surface area (Å²) in [4.78, 5) is 13.0. The van der Waals surface area contributed by atoms with E-state index in [9.17, 15) is 4.79 Å². The number of benzene rings is 1. The predicted octanol–water partition coefficient (Wildman–Crippen LogP) is 6.52. The summed E-state index contributed by atoms with van der Waals surface area (Å²) in [5.74, 6) is 2.07. The molecule has 0 bridgehead atoms. The Labute approximate surface area is 177 Å². The molecule has 4 aliphatic rings. The van der Waals surface area contributed by atoms with Gasteiger partial charge in [-0.25, -0.2) is 0 Å². The summed E-state index contributed by atoms with van der Waals surface area (Å²) in [6.45, 7) is 9.72. The molecule has 0 radical (unpaired) electrons. The lowest BCUT2D eigenvalue weighted by molar-refractivity contribution is -0.116. The van der Waals surface area contributed by atoms with E-state index in [1.807, 2.05) is 6.08 Å². The smallest absolute Gasteiger partial charge is 0.163 e. The fourth-order valence-electron chi connectivity index (χ4n) is 7.02. The number of fused-ring (bicyclic) bond motifs is 4. The summed E-state index contributed by atoms with van der Waals surface area (Å²) in [6.07, 6.45) is 12.3. The lowest BCUT2D eigenvalue weighted by Crippen LogP contribution is -2.38. The second-order valence-electron chi connectivity index (χ2n) is 11.5. The van der Waals surface area contributed by atoms with Crippen LogP contribution >= 0.6 is 0 Å². The molecule has 2 heteroatoms. The van der Waals surface area contributed by atoms with Gasteiger partial charge in [-0.2, -0.15) is 0 Å². The highest BCUT2D eigenvalue weighted by Gasteiger charge is 2.49. The highest BCUT2D eigenvalue weighted by Crippen LogP contribution is 2.60. The van der Waals surface area contributed by atoms with E-state index in [1.165, 1.54) is 54.8 Å². The number of carbonyl (C=O) groups is 1. The van der Waals surface area contributed by atoms with Crippen molar-refractivity contribution >= 4 is 19.0 Å². The van der Waals surface area contributed by atoms with Crippen molar-refractivity contribution < 1.29 is 4.79 Å². The average molecular weight is 405 g/mol. The van der Waals surface area contributed by atoms with E-state index in [0.717, 1.165) is 24.7 Å². The first-order valence-electron chi connectivity index (χ1n) is 11.8. The van der Waals surface area contributed by atoms with E-state index >= 15 is 0 Å². The minimum atomic E-state index is -1.30. The van der Waals surface area contributed by atoms with Gasteiger partial charge in [-0.15, -0.1) is 0 Å². The van der Waals surface area contributed by atoms with Crippen molar-refractivity contribution in [1.29, 1.82) is 0 Å². The Kier molecular flexibility index (Phi) is 4.58. The fraction of sp³-hybridized carbons (Fsp3) is 0.593. The third-order valence-corrected chi connectivity index (χ3v) is 10.9. The van der Waals surface area contributed by atoms with Crippen LogP contribution in [0, 0.1) is 17.3 Å². The lowest BCUT2D eigenvalue weighted by atomic mass is 9.57. The summed E-state index contributed by atoms with van der Waals surface area (Å²) < 4.78 is 0. The van der Waals surface area contributed by atoms with Crippen LogP contribution in [0.3, 0.4) is 0 Å². The number of rotatable bonds is 2. The molecule has 1 nitrogen and oxygen atoms in total. The van der Waals surface area contributed by atoms with Crippen LogP contribution in [0.4, 0.5) is 0 Å². The normalized spacial score (nSPS) is 34.4. The molecule has 0 aliphatic heterocycles. The number of hydrogen-bond donors (Lipinski definition) is 0. The van der Waals surface area contributed by atoms with Crippen LogP contribution in [-0.2, 0) is 4.79 Å². The second-order valence-corrected chi connectivity index (χ2v) is 16.6. The fourth-order valence-corrected chi connectivity index (χ4v) is 8.19. The lowest BCUT2D eigenvalue weighted by Gasteiger charge is -2.47. The quantitative estimate of drug-likeness (QED) is 0.513. The van der Waals surface area contributed by atoms with E-state index in [4.69, 9.17) is 0 Å². The standard InChI is InChI=1S/C27H36OSi/c1-27-14-5-6-25(27)22-12-9-19-16-26(28)24(17-23(19)21(22)13-15-27)18-7-10-20(11-8-18)29(2,3)4/h7-8,10-11,16,22,24-25H,5-6,9,12-15,17H2,1-4H3/t22-,24?,25+,27+/m1/s1. The summed E-state index contributed by atoms with van der Waals surface area (Å²) >= 11 is 0. The summed E-state index contributed by atoms with van der Waals surface area (Å²) in [5, 5.41) is 1.48. The van der Waals surface area contributed by atoms with Crippen molar-refractivity contribution in [2.75, 3.05) is 0 Å². The zero-order chi connectivity index (χ0) is 20.4. The van der Waals surface area contributed by atoms with Crippen LogP contribution in [0.5, 0.6) is 0 Å². The zero-order valence-electron chi connectivity index (χ0n) is 18.7. The maximum Gasteiger partial charge on any atom is 0.163 e. The van der Waals surface area contributed by atoms with Crippen LogP contribution in [0.1, 0.15) is 69.8 Å². The molecule has 4 aliphatic carbocycles. The highest BCUT2D eigenvalue weighted by atomic mass is 28.3. The first kappa shape index (κ1) is 19.5. The zero-order valence-corrected chi connectivity index (χ0v) is 19.7. The minimum Gasteiger partial charge on any atom is -0.294 e. The molecule has 0 aromatic heterocycles. The maximum absolute atomic E-state index is 13.0. The second kappa shape index (κ2) is 6.80. The Morgan fingerprint density at radius 2 is 1.76 bits per heavy atom. The van der Waals surface area contributed by atoms with Crippen LogP contribution in [-0.4, -0.2) is 13.9 Å². The SMILES string of the molecule is C[C@@]12CCC[C@H]1[C@@H]1CCC3=CC(=O)C(c4ccc([Si](C)(C)C)cc4)CC3=C1CC2. The van der Waals surface area contributed by atoms with Gasteiger partial charge >= 0.3 is 0 Å². The molecule has 1 aromatic carbocycles. The molecule has 4 atom stereocenters. The van der Waals surface area contributed by atoms with Crippen LogP contribution < -0.4 is 5.19 Å². The van der Waals surface area contributed by atoms with Crippen molar-refractivity contribution in [3.8, 4) is 0 Å². The Bertz CT molecular complexity index is 897. The van der Waals surface area contributed by atoms with Gasteiger partial charge in [0.15, 0.2) is 5.78 Å². The van der Waals surface area contributed by atoms with Gasteiger partial charge in [-0.3, -0.25) is 4.79 Å². The van der Waals surface area contributed by atoms with Gasteiger partial charge in [0.05, 0.1) is 14.0 Å². The van der Waals surface area contributed by atoms with Crippen molar-refractivity contribution in [1.82, 2.24) is 0 Å². The molecule has 29 heavy (non-hydrogen) atoms.